The highest BCUT2D eigenvalue weighted by molar-refractivity contribution is 6.75. The zero-order chi connectivity index (χ0) is 31.2. The zero-order valence-electron chi connectivity index (χ0n) is 28.7. The van der Waals surface area contributed by atoms with Gasteiger partial charge in [0.15, 0.2) is 16.6 Å². The van der Waals surface area contributed by atoms with Crippen molar-refractivity contribution in [1.29, 1.82) is 0 Å². The number of benzene rings is 2. The summed E-state index contributed by atoms with van der Waals surface area (Å²) in [5.41, 5.74) is 1.16. The summed E-state index contributed by atoms with van der Waals surface area (Å²) in [4.78, 5) is 0. The topological polar surface area (TPSA) is 36.9 Å². The predicted molar refractivity (Wildman–Crippen MR) is 183 cm³/mol. The molecule has 0 aromatic heterocycles. The molecule has 0 saturated carbocycles. The van der Waals surface area contributed by atoms with E-state index in [1.165, 1.54) is 10.8 Å². The molecule has 41 heavy (non-hydrogen) atoms. The van der Waals surface area contributed by atoms with E-state index in [9.17, 15) is 0 Å². The van der Waals surface area contributed by atoms with Crippen LogP contribution < -0.4 is 0 Å². The van der Waals surface area contributed by atoms with Gasteiger partial charge in [-0.05, 0) is 76.8 Å². The lowest BCUT2D eigenvalue weighted by Gasteiger charge is -2.47. The fourth-order valence-corrected chi connectivity index (χ4v) is 7.54. The number of hydrogen-bond acceptors (Lipinski definition) is 4. The molecule has 3 atom stereocenters. The minimum Gasteiger partial charge on any atom is -0.545 e. The Morgan fingerprint density at radius 2 is 1.22 bits per heavy atom. The summed E-state index contributed by atoms with van der Waals surface area (Å²) in [6, 6.07) is 15.0. The number of ether oxygens (including phenoxy) is 1. The molecule has 2 aromatic rings. The molecule has 0 aliphatic carbocycles. The maximum absolute atomic E-state index is 7.23. The highest BCUT2D eigenvalue weighted by Gasteiger charge is 2.48. The van der Waals surface area contributed by atoms with Crippen LogP contribution in [0.4, 0.5) is 0 Å². The van der Waals surface area contributed by atoms with Gasteiger partial charge in [0, 0.05) is 0 Å². The van der Waals surface area contributed by atoms with Crippen LogP contribution in [0.1, 0.15) is 74.0 Å². The second kappa shape index (κ2) is 11.7. The van der Waals surface area contributed by atoms with Gasteiger partial charge in [0.1, 0.15) is 24.1 Å². The van der Waals surface area contributed by atoms with Gasteiger partial charge in [-0.2, -0.15) is 0 Å². The van der Waals surface area contributed by atoms with Gasteiger partial charge < -0.3 is 18.0 Å². The highest BCUT2D eigenvalue weighted by Crippen LogP contribution is 2.45. The van der Waals surface area contributed by atoms with E-state index < -0.39 is 25.0 Å². The molecule has 0 spiro atoms. The first-order chi connectivity index (χ1) is 18.5. The van der Waals surface area contributed by atoms with E-state index in [4.69, 9.17) is 18.0 Å². The fourth-order valence-electron chi connectivity index (χ4n) is 4.19. The normalized spacial score (nSPS) is 21.6. The van der Waals surface area contributed by atoms with E-state index in [0.717, 1.165) is 11.3 Å². The Morgan fingerprint density at radius 3 is 1.78 bits per heavy atom. The Balaban J connectivity index is 2.18. The van der Waals surface area contributed by atoms with Crippen LogP contribution in [0.5, 0.6) is 0 Å². The van der Waals surface area contributed by atoms with Gasteiger partial charge in [0.05, 0.1) is 6.61 Å². The summed E-state index contributed by atoms with van der Waals surface area (Å²) in [5.74, 6) is 0.925. The van der Waals surface area contributed by atoms with E-state index in [0.29, 0.717) is 6.61 Å². The number of hydrogen-bond donors (Lipinski definition) is 0. The predicted octanol–water partition coefficient (Wildman–Crippen LogP) is 10.6. The van der Waals surface area contributed by atoms with Crippen LogP contribution in [0.3, 0.4) is 0 Å². The summed E-state index contributed by atoms with van der Waals surface area (Å²) in [5, 5.41) is 2.61. The van der Waals surface area contributed by atoms with Gasteiger partial charge >= 0.3 is 0 Å². The van der Waals surface area contributed by atoms with Crippen LogP contribution in [0.15, 0.2) is 54.3 Å². The van der Waals surface area contributed by atoms with Crippen molar-refractivity contribution < 1.29 is 18.0 Å². The minimum atomic E-state index is -2.18. The lowest BCUT2D eigenvalue weighted by atomic mass is 9.97. The molecule has 1 aliphatic rings. The summed E-state index contributed by atoms with van der Waals surface area (Å²) < 4.78 is 28.3. The van der Waals surface area contributed by atoms with E-state index >= 15 is 0 Å². The Bertz CT molecular complexity index is 1220. The number of rotatable bonds is 8. The van der Waals surface area contributed by atoms with Crippen LogP contribution in [-0.4, -0.2) is 43.8 Å². The smallest absolute Gasteiger partial charge is 0.250 e. The van der Waals surface area contributed by atoms with Gasteiger partial charge in [-0.25, -0.2) is 0 Å². The van der Waals surface area contributed by atoms with E-state index in [-0.39, 0.29) is 33.4 Å². The Labute approximate surface area is 254 Å². The molecule has 1 heterocycles. The Kier molecular flexibility index (Phi) is 9.77. The summed E-state index contributed by atoms with van der Waals surface area (Å²) in [7, 11) is -6.40. The molecule has 0 fully saturated rings. The molecule has 3 rings (SSSR count). The maximum atomic E-state index is 7.23. The fraction of sp³-hybridized carbons (Fsp3) is 0.647. The van der Waals surface area contributed by atoms with Crippen molar-refractivity contribution in [3.63, 3.8) is 0 Å². The molecule has 7 heteroatoms. The molecule has 0 N–H and O–H groups in total. The van der Waals surface area contributed by atoms with Crippen molar-refractivity contribution in [1.82, 2.24) is 0 Å². The van der Waals surface area contributed by atoms with Crippen molar-refractivity contribution in [3.05, 3.63) is 59.9 Å². The second-order valence-corrected chi connectivity index (χ2v) is 30.8. The molecular formula is C34H58O4Si3. The first-order valence-corrected chi connectivity index (χ1v) is 24.0. The zero-order valence-corrected chi connectivity index (χ0v) is 31.7. The Morgan fingerprint density at radius 1 is 0.683 bits per heavy atom. The number of fused-ring (bicyclic) bond motifs is 1. The summed E-state index contributed by atoms with van der Waals surface area (Å²) in [6.07, 6.45) is 1.35. The summed E-state index contributed by atoms with van der Waals surface area (Å²) in [6.45, 7) is 35.0. The first-order valence-electron chi connectivity index (χ1n) is 15.3. The quantitative estimate of drug-likeness (QED) is 0.277. The molecule has 4 nitrogen and oxygen atoms in total. The highest BCUT2D eigenvalue weighted by atomic mass is 28.4. The van der Waals surface area contributed by atoms with E-state index in [2.05, 4.69) is 150 Å². The molecule has 0 bridgehead atoms. The molecule has 2 aromatic carbocycles. The van der Waals surface area contributed by atoms with Crippen LogP contribution in [0.2, 0.25) is 54.4 Å². The molecule has 0 radical (unpaired) electrons. The lowest BCUT2D eigenvalue weighted by molar-refractivity contribution is -0.0903. The maximum Gasteiger partial charge on any atom is 0.250 e. The van der Waals surface area contributed by atoms with Gasteiger partial charge in [0.2, 0.25) is 8.32 Å². The van der Waals surface area contributed by atoms with Gasteiger partial charge in [-0.1, -0.05) is 105 Å². The first kappa shape index (κ1) is 34.3. The van der Waals surface area contributed by atoms with E-state index in [1.807, 2.05) is 0 Å². The third kappa shape index (κ3) is 7.65. The van der Waals surface area contributed by atoms with Gasteiger partial charge in [0.25, 0.3) is 0 Å². The second-order valence-electron chi connectivity index (χ2n) is 16.5. The van der Waals surface area contributed by atoms with Gasteiger partial charge in [-0.3, -0.25) is 0 Å². The van der Waals surface area contributed by atoms with Crippen molar-refractivity contribution in [3.8, 4) is 0 Å². The van der Waals surface area contributed by atoms with Crippen molar-refractivity contribution >= 4 is 35.7 Å². The molecule has 0 saturated heterocycles. The van der Waals surface area contributed by atoms with Crippen LogP contribution >= 0.6 is 0 Å². The summed E-state index contributed by atoms with van der Waals surface area (Å²) >= 11 is 0. The van der Waals surface area contributed by atoms with Crippen molar-refractivity contribution in [2.45, 2.75) is 135 Å². The van der Waals surface area contributed by atoms with Crippen molar-refractivity contribution in [2.24, 2.45) is 0 Å². The molecule has 0 unspecified atom stereocenters. The Hall–Kier alpha value is -1.23. The molecular weight excluding hydrogens is 557 g/mol. The molecule has 0 amide bonds. The SMILES string of the molecule is CC(C)(C)[Si](C)(C)OC[C@H]1O[C@H](c2cccc3ccccc23)C=C(O[Si](C)(C)C(C)(C)C)[C@@H]1O[Si](C)(C)C(C)(C)C. The van der Waals surface area contributed by atoms with Crippen molar-refractivity contribution in [2.75, 3.05) is 6.61 Å². The largest absolute Gasteiger partial charge is 0.545 e. The van der Waals surface area contributed by atoms with Gasteiger partial charge in [-0.15, -0.1) is 0 Å². The monoisotopic (exact) mass is 614 g/mol. The average molecular weight is 615 g/mol. The lowest BCUT2D eigenvalue weighted by Crippen LogP contribution is -2.54. The van der Waals surface area contributed by atoms with Crippen LogP contribution in [-0.2, 0) is 18.0 Å². The van der Waals surface area contributed by atoms with Crippen LogP contribution in [0, 0.1) is 0 Å². The van der Waals surface area contributed by atoms with Crippen LogP contribution in [0.25, 0.3) is 10.8 Å². The average Bonchev–Trinajstić information content (AvgIpc) is 2.81. The van der Waals surface area contributed by atoms with E-state index in [1.54, 1.807) is 0 Å². The molecule has 1 aliphatic heterocycles. The minimum absolute atomic E-state index is 0.0480. The standard InChI is InChI=1S/C34H58O4Si3/c1-32(2,3)39(10,11)35-24-30-31(38-41(14,15)34(7,8)9)29(37-40(12,13)33(4,5)6)23-28(36-30)27-22-18-20-25-19-16-17-21-26(25)27/h16-23,28,30-31H,24H2,1-15H3/t28-,30+,31-/m0/s1. The third-order valence-corrected chi connectivity index (χ3v) is 23.5. The molecule has 230 valence electrons. The third-order valence-electron chi connectivity index (χ3n) is 10.2.